The molecule has 1 saturated heterocycles. The van der Waals surface area contributed by atoms with E-state index in [4.69, 9.17) is 27.9 Å². The topological polar surface area (TPSA) is 45.7 Å². The quantitative estimate of drug-likeness (QED) is 0.748. The summed E-state index contributed by atoms with van der Waals surface area (Å²) in [6, 6.07) is 12.9. The fraction of sp³-hybridized carbons (Fsp3) is 0.333. The smallest absolute Gasteiger partial charge is 0.254 e. The van der Waals surface area contributed by atoms with Crippen molar-refractivity contribution in [1.29, 1.82) is 0 Å². The number of ether oxygens (including phenoxy) is 1. The van der Waals surface area contributed by atoms with Crippen molar-refractivity contribution >= 4 is 29.1 Å². The Kier molecular flexibility index (Phi) is 6.13. The third-order valence-electron chi connectivity index (χ3n) is 4.09. The zero-order chi connectivity index (χ0) is 17.6. The van der Waals surface area contributed by atoms with Gasteiger partial charge in [-0.05, 0) is 24.3 Å². The Balaban J connectivity index is 1.46. The lowest BCUT2D eigenvalue weighted by atomic mass is 10.2. The fourth-order valence-electron chi connectivity index (χ4n) is 2.75. The summed E-state index contributed by atoms with van der Waals surface area (Å²) in [5, 5.41) is 0.458. The van der Waals surface area contributed by atoms with Crippen LogP contribution in [-0.4, -0.2) is 60.0 Å². The lowest BCUT2D eigenvalue weighted by Crippen LogP contribution is -2.49. The summed E-state index contributed by atoms with van der Waals surface area (Å²) in [5.41, 5.74) is 0.478. The molecule has 1 aliphatic heterocycles. The predicted molar refractivity (Wildman–Crippen MR) is 98.5 cm³/mol. The molecule has 3 rings (SSSR count). The van der Waals surface area contributed by atoms with Crippen LogP contribution in [-0.2, 0) is 0 Å². The van der Waals surface area contributed by atoms with E-state index in [0.29, 0.717) is 25.3 Å². The van der Waals surface area contributed by atoms with Crippen molar-refractivity contribution in [2.24, 2.45) is 0 Å². The van der Waals surface area contributed by atoms with Crippen LogP contribution >= 0.6 is 23.2 Å². The van der Waals surface area contributed by atoms with Crippen molar-refractivity contribution < 1.29 is 9.53 Å². The molecule has 0 spiro atoms. The van der Waals surface area contributed by atoms with E-state index in [1.54, 1.807) is 12.1 Å². The zero-order valence-electron chi connectivity index (χ0n) is 13.7. The number of benzene rings is 1. The number of aromatic nitrogens is 1. The molecule has 1 fully saturated rings. The van der Waals surface area contributed by atoms with Gasteiger partial charge in [0.25, 0.3) is 5.91 Å². The van der Waals surface area contributed by atoms with Gasteiger partial charge < -0.3 is 9.64 Å². The normalized spacial score (nSPS) is 15.2. The number of halogens is 2. The third kappa shape index (κ3) is 5.08. The molecule has 0 unspecified atom stereocenters. The van der Waals surface area contributed by atoms with E-state index in [-0.39, 0.29) is 16.2 Å². The van der Waals surface area contributed by atoms with E-state index in [9.17, 15) is 4.79 Å². The number of para-hydroxylation sites is 1. The van der Waals surface area contributed by atoms with Crippen molar-refractivity contribution in [3.05, 3.63) is 58.3 Å². The maximum absolute atomic E-state index is 12.5. The highest BCUT2D eigenvalue weighted by atomic mass is 35.5. The number of piperazine rings is 1. The SMILES string of the molecule is O=C(c1cc(Cl)nc(Cl)c1)N1CCN(CCOc2ccccc2)CC1. The number of nitrogens with zero attached hydrogens (tertiary/aromatic N) is 3. The number of amides is 1. The van der Waals surface area contributed by atoms with Gasteiger partial charge in [-0.1, -0.05) is 41.4 Å². The molecule has 1 aliphatic rings. The minimum atomic E-state index is -0.0635. The first-order valence-corrected chi connectivity index (χ1v) is 8.90. The van der Waals surface area contributed by atoms with Crippen molar-refractivity contribution in [2.75, 3.05) is 39.3 Å². The van der Waals surface area contributed by atoms with Crippen molar-refractivity contribution in [2.45, 2.75) is 0 Å². The van der Waals surface area contributed by atoms with Gasteiger partial charge in [-0.3, -0.25) is 9.69 Å². The molecule has 5 nitrogen and oxygen atoms in total. The van der Waals surface area contributed by atoms with Crippen LogP contribution in [0.3, 0.4) is 0 Å². The van der Waals surface area contributed by atoms with Gasteiger partial charge in [0.2, 0.25) is 0 Å². The Labute approximate surface area is 157 Å². The summed E-state index contributed by atoms with van der Waals surface area (Å²) >= 11 is 11.8. The lowest BCUT2D eigenvalue weighted by molar-refractivity contribution is 0.0620. The molecule has 0 N–H and O–H groups in total. The predicted octanol–water partition coefficient (Wildman–Crippen LogP) is 3.23. The summed E-state index contributed by atoms with van der Waals surface area (Å²) in [6.45, 7) is 4.44. The molecule has 1 aromatic carbocycles. The highest BCUT2D eigenvalue weighted by molar-refractivity contribution is 6.33. The van der Waals surface area contributed by atoms with Crippen molar-refractivity contribution in [1.82, 2.24) is 14.8 Å². The first kappa shape index (κ1) is 18.0. The van der Waals surface area contributed by atoms with Gasteiger partial charge in [-0.2, -0.15) is 0 Å². The van der Waals surface area contributed by atoms with Gasteiger partial charge in [0.1, 0.15) is 22.7 Å². The maximum Gasteiger partial charge on any atom is 0.254 e. The van der Waals surface area contributed by atoms with Crippen LogP contribution in [0.5, 0.6) is 5.75 Å². The van der Waals surface area contributed by atoms with Gasteiger partial charge in [-0.25, -0.2) is 4.98 Å². The molecule has 0 aliphatic carbocycles. The average molecular weight is 380 g/mol. The minimum absolute atomic E-state index is 0.0635. The summed E-state index contributed by atoms with van der Waals surface area (Å²) in [7, 11) is 0. The Bertz CT molecular complexity index is 699. The molecule has 2 heterocycles. The van der Waals surface area contributed by atoms with E-state index in [0.717, 1.165) is 25.4 Å². The van der Waals surface area contributed by atoms with Crippen molar-refractivity contribution in [3.8, 4) is 5.75 Å². The van der Waals surface area contributed by atoms with E-state index < -0.39 is 0 Å². The van der Waals surface area contributed by atoms with Gasteiger partial charge in [0, 0.05) is 38.3 Å². The van der Waals surface area contributed by atoms with Crippen LogP contribution < -0.4 is 4.74 Å². The second-order valence-electron chi connectivity index (χ2n) is 5.80. The van der Waals surface area contributed by atoms with Crippen LogP contribution in [0.15, 0.2) is 42.5 Å². The summed E-state index contributed by atoms with van der Waals surface area (Å²) < 4.78 is 5.72. The number of hydrogen-bond donors (Lipinski definition) is 0. The molecule has 0 atom stereocenters. The van der Waals surface area contributed by atoms with Gasteiger partial charge >= 0.3 is 0 Å². The Hall–Kier alpha value is -1.82. The molecular formula is C18H19Cl2N3O2. The fourth-order valence-corrected chi connectivity index (χ4v) is 3.22. The average Bonchev–Trinajstić information content (AvgIpc) is 2.62. The third-order valence-corrected chi connectivity index (χ3v) is 4.48. The maximum atomic E-state index is 12.5. The molecule has 7 heteroatoms. The van der Waals surface area contributed by atoms with Gasteiger partial charge in [-0.15, -0.1) is 0 Å². The largest absolute Gasteiger partial charge is 0.492 e. The molecule has 2 aromatic rings. The zero-order valence-corrected chi connectivity index (χ0v) is 15.2. The van der Waals surface area contributed by atoms with Crippen LogP contribution in [0.4, 0.5) is 0 Å². The standard InChI is InChI=1S/C18H19Cl2N3O2/c19-16-12-14(13-17(20)21-16)18(24)23-8-6-22(7-9-23)10-11-25-15-4-2-1-3-5-15/h1-5,12-13H,6-11H2. The highest BCUT2D eigenvalue weighted by Gasteiger charge is 2.22. The summed E-state index contributed by atoms with van der Waals surface area (Å²) in [6.07, 6.45) is 0. The monoisotopic (exact) mass is 379 g/mol. The first-order chi connectivity index (χ1) is 12.1. The summed E-state index contributed by atoms with van der Waals surface area (Å²) in [5.74, 6) is 0.814. The second kappa shape index (κ2) is 8.52. The van der Waals surface area contributed by atoms with E-state index in [2.05, 4.69) is 9.88 Å². The minimum Gasteiger partial charge on any atom is -0.492 e. The van der Waals surface area contributed by atoms with Crippen molar-refractivity contribution in [3.63, 3.8) is 0 Å². The van der Waals surface area contributed by atoms with E-state index in [1.165, 1.54) is 0 Å². The Morgan fingerprint density at radius 2 is 1.68 bits per heavy atom. The molecule has 0 bridgehead atoms. The van der Waals surface area contributed by atoms with E-state index >= 15 is 0 Å². The number of rotatable bonds is 5. The van der Waals surface area contributed by atoms with Crippen LogP contribution in [0.1, 0.15) is 10.4 Å². The number of carbonyl (C=O) groups is 1. The van der Waals surface area contributed by atoms with Crippen LogP contribution in [0.25, 0.3) is 0 Å². The molecule has 132 valence electrons. The molecule has 0 saturated carbocycles. The molecular weight excluding hydrogens is 361 g/mol. The summed E-state index contributed by atoms with van der Waals surface area (Å²) in [4.78, 5) is 20.5. The molecule has 25 heavy (non-hydrogen) atoms. The van der Waals surface area contributed by atoms with Crippen LogP contribution in [0, 0.1) is 0 Å². The second-order valence-corrected chi connectivity index (χ2v) is 6.57. The highest BCUT2D eigenvalue weighted by Crippen LogP contribution is 2.17. The Morgan fingerprint density at radius 1 is 1.04 bits per heavy atom. The van der Waals surface area contributed by atoms with E-state index in [1.807, 2.05) is 35.2 Å². The number of hydrogen-bond acceptors (Lipinski definition) is 4. The first-order valence-electron chi connectivity index (χ1n) is 8.14. The van der Waals surface area contributed by atoms with Gasteiger partial charge in [0.15, 0.2) is 0 Å². The lowest BCUT2D eigenvalue weighted by Gasteiger charge is -2.34. The van der Waals surface area contributed by atoms with Gasteiger partial charge in [0.05, 0.1) is 0 Å². The number of pyridine rings is 1. The number of carbonyl (C=O) groups excluding carboxylic acids is 1. The molecule has 0 radical (unpaired) electrons. The Morgan fingerprint density at radius 3 is 2.32 bits per heavy atom. The molecule has 1 amide bonds. The molecule has 1 aromatic heterocycles. The van der Waals surface area contributed by atoms with Crippen LogP contribution in [0.2, 0.25) is 10.3 Å².